The molecule has 1 atom stereocenters. The molecule has 0 amide bonds. The van der Waals surface area contributed by atoms with Gasteiger partial charge < -0.3 is 9.52 Å². The van der Waals surface area contributed by atoms with E-state index in [-0.39, 0.29) is 0 Å². The van der Waals surface area contributed by atoms with Gasteiger partial charge in [-0.15, -0.1) is 0 Å². The van der Waals surface area contributed by atoms with Crippen LogP contribution in [0.25, 0.3) is 0 Å². The molecule has 94 valence electrons. The maximum absolute atomic E-state index is 11.6. The summed E-state index contributed by atoms with van der Waals surface area (Å²) in [5, 5.41) is 9.53. The summed E-state index contributed by atoms with van der Waals surface area (Å²) in [4.78, 5) is 11.6. The number of hydrogen-bond donors (Lipinski definition) is 1. The van der Waals surface area contributed by atoms with Crippen LogP contribution in [0.5, 0.6) is 0 Å². The summed E-state index contributed by atoms with van der Waals surface area (Å²) in [6.07, 6.45) is 1.91. The third-order valence-electron chi connectivity index (χ3n) is 3.24. The second-order valence-corrected chi connectivity index (χ2v) is 4.76. The van der Waals surface area contributed by atoms with E-state index in [9.17, 15) is 9.90 Å². The van der Waals surface area contributed by atoms with E-state index in [1.165, 1.54) is 0 Å². The molecule has 0 fully saturated rings. The van der Waals surface area contributed by atoms with E-state index < -0.39 is 11.4 Å². The van der Waals surface area contributed by atoms with Crippen molar-refractivity contribution in [3.63, 3.8) is 0 Å². The second kappa shape index (κ2) is 4.69. The van der Waals surface area contributed by atoms with Crippen LogP contribution in [0.3, 0.4) is 0 Å². The van der Waals surface area contributed by atoms with E-state index >= 15 is 0 Å². The van der Waals surface area contributed by atoms with Crippen molar-refractivity contribution in [2.45, 2.75) is 25.7 Å². The van der Waals surface area contributed by atoms with Crippen molar-refractivity contribution in [3.8, 4) is 0 Å². The fraction of sp³-hybridized carbons (Fsp3) is 0.267. The third-order valence-corrected chi connectivity index (χ3v) is 3.24. The number of aryl methyl sites for hydroxylation is 1. The van der Waals surface area contributed by atoms with Crippen molar-refractivity contribution in [1.29, 1.82) is 0 Å². The Bertz CT molecular complexity index is 543. The van der Waals surface area contributed by atoms with Crippen molar-refractivity contribution >= 4 is 5.97 Å². The van der Waals surface area contributed by atoms with Crippen molar-refractivity contribution in [2.75, 3.05) is 0 Å². The number of hydrogen-bond acceptors (Lipinski definition) is 2. The first-order valence-corrected chi connectivity index (χ1v) is 5.85. The van der Waals surface area contributed by atoms with Gasteiger partial charge in [-0.05, 0) is 31.5 Å². The van der Waals surface area contributed by atoms with Gasteiger partial charge in [0.2, 0.25) is 0 Å². The average molecular weight is 244 g/mol. The topological polar surface area (TPSA) is 50.4 Å². The summed E-state index contributed by atoms with van der Waals surface area (Å²) in [5.41, 5.74) is 0.884. The van der Waals surface area contributed by atoms with E-state index in [1.54, 1.807) is 25.3 Å². The van der Waals surface area contributed by atoms with Crippen LogP contribution in [-0.2, 0) is 16.6 Å². The Morgan fingerprint density at radius 2 is 2.11 bits per heavy atom. The Morgan fingerprint density at radius 1 is 1.33 bits per heavy atom. The van der Waals surface area contributed by atoms with Gasteiger partial charge in [-0.2, -0.15) is 0 Å². The standard InChI is InChI=1S/C15H16O3/c1-11-5-3-6-12(9-11)15(2,14(16)17)10-13-7-4-8-18-13/h3-9H,10H2,1-2H3,(H,16,17). The second-order valence-electron chi connectivity index (χ2n) is 4.76. The first-order chi connectivity index (χ1) is 8.52. The first-order valence-electron chi connectivity index (χ1n) is 5.85. The molecule has 0 aliphatic heterocycles. The molecule has 0 spiro atoms. The number of carboxylic acid groups (broad SMARTS) is 1. The van der Waals surface area contributed by atoms with Gasteiger partial charge in [0.15, 0.2) is 0 Å². The molecule has 0 saturated heterocycles. The highest BCUT2D eigenvalue weighted by molar-refractivity contribution is 5.81. The van der Waals surface area contributed by atoms with Crippen LogP contribution in [0.2, 0.25) is 0 Å². The Kier molecular flexibility index (Phi) is 3.24. The maximum Gasteiger partial charge on any atom is 0.314 e. The SMILES string of the molecule is Cc1cccc(C(C)(Cc2ccco2)C(=O)O)c1. The molecular weight excluding hydrogens is 228 g/mol. The van der Waals surface area contributed by atoms with Gasteiger partial charge in [0.25, 0.3) is 0 Å². The predicted molar refractivity (Wildman–Crippen MR) is 68.6 cm³/mol. The van der Waals surface area contributed by atoms with Gasteiger partial charge in [-0.25, -0.2) is 0 Å². The van der Waals surface area contributed by atoms with Crippen LogP contribution in [0.4, 0.5) is 0 Å². The number of furan rings is 1. The Labute approximate surface area is 106 Å². The normalized spacial score (nSPS) is 14.1. The number of carboxylic acids is 1. The van der Waals surface area contributed by atoms with Crippen molar-refractivity contribution in [3.05, 3.63) is 59.5 Å². The fourth-order valence-electron chi connectivity index (χ4n) is 2.05. The average Bonchev–Trinajstić information content (AvgIpc) is 2.81. The molecule has 2 aromatic rings. The molecule has 1 aromatic carbocycles. The quantitative estimate of drug-likeness (QED) is 0.898. The van der Waals surface area contributed by atoms with Crippen LogP contribution in [-0.4, -0.2) is 11.1 Å². The maximum atomic E-state index is 11.6. The zero-order valence-electron chi connectivity index (χ0n) is 10.5. The summed E-state index contributed by atoms with van der Waals surface area (Å²) in [6.45, 7) is 3.69. The summed E-state index contributed by atoms with van der Waals surface area (Å²) in [6, 6.07) is 11.2. The van der Waals surface area contributed by atoms with Crippen LogP contribution < -0.4 is 0 Å². The number of carbonyl (C=O) groups is 1. The number of aliphatic carboxylic acids is 1. The zero-order chi connectivity index (χ0) is 13.2. The summed E-state index contributed by atoms with van der Waals surface area (Å²) in [7, 11) is 0. The van der Waals surface area contributed by atoms with Crippen LogP contribution in [0.1, 0.15) is 23.8 Å². The lowest BCUT2D eigenvalue weighted by atomic mass is 9.78. The Balaban J connectivity index is 2.41. The van der Waals surface area contributed by atoms with E-state index in [0.29, 0.717) is 12.2 Å². The Morgan fingerprint density at radius 3 is 2.67 bits per heavy atom. The van der Waals surface area contributed by atoms with Gasteiger partial charge in [0, 0.05) is 6.42 Å². The minimum Gasteiger partial charge on any atom is -0.481 e. The van der Waals surface area contributed by atoms with Crippen molar-refractivity contribution < 1.29 is 14.3 Å². The molecule has 1 N–H and O–H groups in total. The lowest BCUT2D eigenvalue weighted by molar-refractivity contribution is -0.143. The molecular formula is C15H16O3. The van der Waals surface area contributed by atoms with Gasteiger partial charge in [-0.3, -0.25) is 4.79 Å². The predicted octanol–water partition coefficient (Wildman–Crippen LogP) is 3.17. The molecule has 1 aromatic heterocycles. The minimum atomic E-state index is -0.968. The fourth-order valence-corrected chi connectivity index (χ4v) is 2.05. The van der Waals surface area contributed by atoms with Gasteiger partial charge in [-0.1, -0.05) is 29.8 Å². The molecule has 0 radical (unpaired) electrons. The number of benzene rings is 1. The minimum absolute atomic E-state index is 0.346. The van der Waals surface area contributed by atoms with Crippen molar-refractivity contribution in [2.24, 2.45) is 0 Å². The smallest absolute Gasteiger partial charge is 0.314 e. The third kappa shape index (κ3) is 2.30. The van der Waals surface area contributed by atoms with Crippen LogP contribution >= 0.6 is 0 Å². The van der Waals surface area contributed by atoms with E-state index in [1.807, 2.05) is 31.2 Å². The lowest BCUT2D eigenvalue weighted by Crippen LogP contribution is -2.34. The molecule has 1 unspecified atom stereocenters. The molecule has 0 bridgehead atoms. The molecule has 0 aliphatic carbocycles. The highest BCUT2D eigenvalue weighted by Crippen LogP contribution is 2.29. The van der Waals surface area contributed by atoms with E-state index in [0.717, 1.165) is 11.1 Å². The highest BCUT2D eigenvalue weighted by Gasteiger charge is 2.36. The van der Waals surface area contributed by atoms with Crippen LogP contribution in [0.15, 0.2) is 47.1 Å². The van der Waals surface area contributed by atoms with Gasteiger partial charge >= 0.3 is 5.97 Å². The van der Waals surface area contributed by atoms with Gasteiger partial charge in [0.1, 0.15) is 5.76 Å². The van der Waals surface area contributed by atoms with Gasteiger partial charge in [0.05, 0.1) is 11.7 Å². The van der Waals surface area contributed by atoms with E-state index in [2.05, 4.69) is 0 Å². The first kappa shape index (κ1) is 12.4. The molecule has 3 nitrogen and oxygen atoms in total. The monoisotopic (exact) mass is 244 g/mol. The summed E-state index contributed by atoms with van der Waals surface area (Å²) < 4.78 is 5.27. The molecule has 0 aliphatic rings. The largest absolute Gasteiger partial charge is 0.481 e. The molecule has 3 heteroatoms. The summed E-state index contributed by atoms with van der Waals surface area (Å²) in [5.74, 6) is -0.161. The zero-order valence-corrected chi connectivity index (χ0v) is 10.5. The molecule has 2 rings (SSSR count). The molecule has 18 heavy (non-hydrogen) atoms. The molecule has 0 saturated carbocycles. The van der Waals surface area contributed by atoms with E-state index in [4.69, 9.17) is 4.42 Å². The van der Waals surface area contributed by atoms with Crippen molar-refractivity contribution in [1.82, 2.24) is 0 Å². The molecule has 1 heterocycles. The highest BCUT2D eigenvalue weighted by atomic mass is 16.4. The Hall–Kier alpha value is -2.03. The summed E-state index contributed by atoms with van der Waals surface area (Å²) >= 11 is 0. The van der Waals surface area contributed by atoms with Crippen LogP contribution in [0, 0.1) is 6.92 Å². The lowest BCUT2D eigenvalue weighted by Gasteiger charge is -2.24. The number of rotatable bonds is 4.